The third-order valence-electron chi connectivity index (χ3n) is 3.21. The zero-order valence-corrected chi connectivity index (χ0v) is 10.8. The van der Waals surface area contributed by atoms with Crippen LogP contribution in [0.25, 0.3) is 10.8 Å². The lowest BCUT2D eigenvalue weighted by atomic mass is 10.1. The van der Waals surface area contributed by atoms with E-state index >= 15 is 0 Å². The van der Waals surface area contributed by atoms with Crippen LogP contribution in [0, 0.1) is 0 Å². The van der Waals surface area contributed by atoms with Gasteiger partial charge in [0.2, 0.25) is 0 Å². The van der Waals surface area contributed by atoms with Crippen molar-refractivity contribution in [1.29, 1.82) is 0 Å². The second kappa shape index (κ2) is 5.05. The number of nitrogens with two attached hydrogens (primary N) is 1. The molecule has 3 rings (SSSR count). The monoisotopic (exact) mass is 262 g/mol. The summed E-state index contributed by atoms with van der Waals surface area (Å²) in [6.45, 7) is 0. The quantitative estimate of drug-likeness (QED) is 0.544. The average molecular weight is 262 g/mol. The molecule has 0 aromatic heterocycles. The summed E-state index contributed by atoms with van der Waals surface area (Å²) in [7, 11) is 0. The number of anilines is 1. The van der Waals surface area contributed by atoms with Gasteiger partial charge in [0.15, 0.2) is 0 Å². The molecule has 0 saturated heterocycles. The number of hydrogen-bond donors (Lipinski definition) is 2. The van der Waals surface area contributed by atoms with Gasteiger partial charge in [0.1, 0.15) is 5.75 Å². The van der Waals surface area contributed by atoms with Gasteiger partial charge in [-0.05, 0) is 24.3 Å². The van der Waals surface area contributed by atoms with Crippen LogP contribution >= 0.6 is 0 Å². The maximum absolute atomic E-state index is 9.73. The first-order valence-electron chi connectivity index (χ1n) is 6.35. The zero-order valence-electron chi connectivity index (χ0n) is 10.8. The minimum Gasteiger partial charge on any atom is -0.507 e. The zero-order chi connectivity index (χ0) is 13.9. The third kappa shape index (κ3) is 2.21. The second-order valence-corrected chi connectivity index (χ2v) is 4.54. The molecule has 0 radical (unpaired) electrons. The molecule has 0 atom stereocenters. The number of nitrogen functional groups attached to an aromatic ring is 1. The molecule has 3 nitrogen and oxygen atoms in total. The van der Waals surface area contributed by atoms with E-state index in [1.165, 1.54) is 0 Å². The highest BCUT2D eigenvalue weighted by Crippen LogP contribution is 2.30. The molecule has 3 aromatic carbocycles. The van der Waals surface area contributed by atoms with Crippen molar-refractivity contribution in [1.82, 2.24) is 0 Å². The lowest BCUT2D eigenvalue weighted by molar-refractivity contribution is 0.474. The van der Waals surface area contributed by atoms with E-state index in [4.69, 9.17) is 5.73 Å². The molecule has 3 heteroatoms. The molecule has 3 aromatic rings. The van der Waals surface area contributed by atoms with Crippen LogP contribution in [0.15, 0.2) is 65.7 Å². The number of phenolic OH excluding ortho intramolecular Hbond substituents is 1. The normalized spacial score (nSPS) is 11.2. The van der Waals surface area contributed by atoms with E-state index in [1.807, 2.05) is 48.5 Å². The van der Waals surface area contributed by atoms with Gasteiger partial charge in [0.05, 0.1) is 5.69 Å². The number of aliphatic imine (C=N–C) groups is 1. The molecule has 0 aliphatic rings. The van der Waals surface area contributed by atoms with Gasteiger partial charge in [0, 0.05) is 28.2 Å². The van der Waals surface area contributed by atoms with Crippen LogP contribution in [0.4, 0.5) is 11.4 Å². The summed E-state index contributed by atoms with van der Waals surface area (Å²) in [4.78, 5) is 4.47. The SMILES string of the molecule is Nc1ccc(N=Cc2ccccc2O)c2ccccc12. The van der Waals surface area contributed by atoms with Crippen LogP contribution < -0.4 is 5.73 Å². The van der Waals surface area contributed by atoms with E-state index in [0.717, 1.165) is 22.1 Å². The molecule has 0 aliphatic carbocycles. The number of para-hydroxylation sites is 1. The molecule has 98 valence electrons. The highest BCUT2D eigenvalue weighted by molar-refractivity contribution is 6.01. The Balaban J connectivity index is 2.08. The number of phenols is 1. The number of aromatic hydroxyl groups is 1. The summed E-state index contributed by atoms with van der Waals surface area (Å²) in [5.41, 5.74) is 8.22. The summed E-state index contributed by atoms with van der Waals surface area (Å²) in [6.07, 6.45) is 1.66. The topological polar surface area (TPSA) is 58.6 Å². The Morgan fingerprint density at radius 3 is 2.35 bits per heavy atom. The Morgan fingerprint density at radius 1 is 0.850 bits per heavy atom. The maximum atomic E-state index is 9.73. The van der Waals surface area contributed by atoms with Gasteiger partial charge in [-0.15, -0.1) is 0 Å². The van der Waals surface area contributed by atoms with E-state index in [1.54, 1.807) is 18.3 Å². The number of nitrogens with zero attached hydrogens (tertiary/aromatic N) is 1. The Bertz CT molecular complexity index is 794. The molecule has 0 fully saturated rings. The van der Waals surface area contributed by atoms with Gasteiger partial charge in [-0.25, -0.2) is 0 Å². The fourth-order valence-electron chi connectivity index (χ4n) is 2.15. The summed E-state index contributed by atoms with van der Waals surface area (Å²) >= 11 is 0. The minimum absolute atomic E-state index is 0.219. The van der Waals surface area contributed by atoms with E-state index in [0.29, 0.717) is 5.56 Å². The molecular formula is C17H14N2O. The number of rotatable bonds is 2. The van der Waals surface area contributed by atoms with Gasteiger partial charge < -0.3 is 10.8 Å². The molecule has 0 unspecified atom stereocenters. The lowest BCUT2D eigenvalue weighted by Crippen LogP contribution is -1.87. The van der Waals surface area contributed by atoms with Crippen LogP contribution in [0.3, 0.4) is 0 Å². The number of fused-ring (bicyclic) bond motifs is 1. The van der Waals surface area contributed by atoms with Crippen LogP contribution in [0.1, 0.15) is 5.56 Å². The van der Waals surface area contributed by atoms with Crippen LogP contribution in [-0.2, 0) is 0 Å². The summed E-state index contributed by atoms with van der Waals surface area (Å²) in [5, 5.41) is 11.7. The Hall–Kier alpha value is -2.81. The van der Waals surface area contributed by atoms with Crippen molar-refractivity contribution >= 4 is 28.4 Å². The van der Waals surface area contributed by atoms with Crippen LogP contribution in [-0.4, -0.2) is 11.3 Å². The van der Waals surface area contributed by atoms with Crippen molar-refractivity contribution in [3.05, 3.63) is 66.2 Å². The average Bonchev–Trinajstić information content (AvgIpc) is 2.48. The van der Waals surface area contributed by atoms with Crippen molar-refractivity contribution in [2.24, 2.45) is 4.99 Å². The van der Waals surface area contributed by atoms with Gasteiger partial charge >= 0.3 is 0 Å². The van der Waals surface area contributed by atoms with Crippen molar-refractivity contribution in [3.63, 3.8) is 0 Å². The summed E-state index contributed by atoms with van der Waals surface area (Å²) in [6, 6.07) is 18.7. The van der Waals surface area contributed by atoms with Gasteiger partial charge in [-0.2, -0.15) is 0 Å². The highest BCUT2D eigenvalue weighted by Gasteiger charge is 2.02. The van der Waals surface area contributed by atoms with E-state index in [2.05, 4.69) is 4.99 Å². The molecule has 0 saturated carbocycles. The number of benzene rings is 3. The van der Waals surface area contributed by atoms with Crippen LogP contribution in [0.5, 0.6) is 5.75 Å². The molecule has 3 N–H and O–H groups in total. The third-order valence-corrected chi connectivity index (χ3v) is 3.21. The van der Waals surface area contributed by atoms with E-state index in [9.17, 15) is 5.11 Å². The van der Waals surface area contributed by atoms with E-state index in [-0.39, 0.29) is 5.75 Å². The van der Waals surface area contributed by atoms with Crippen molar-refractivity contribution in [2.75, 3.05) is 5.73 Å². The first-order valence-corrected chi connectivity index (χ1v) is 6.35. The predicted octanol–water partition coefficient (Wildman–Crippen LogP) is 3.88. The molecular weight excluding hydrogens is 248 g/mol. The molecule has 0 spiro atoms. The molecule has 0 heterocycles. The van der Waals surface area contributed by atoms with Gasteiger partial charge in [-0.1, -0.05) is 36.4 Å². The fraction of sp³-hybridized carbons (Fsp3) is 0. The number of hydrogen-bond acceptors (Lipinski definition) is 3. The maximum Gasteiger partial charge on any atom is 0.124 e. The fourth-order valence-corrected chi connectivity index (χ4v) is 2.15. The standard InChI is InChI=1S/C17H14N2O/c18-15-9-10-16(14-7-3-2-6-13(14)15)19-11-12-5-1-4-8-17(12)20/h1-11,20H,18H2. The summed E-state index contributed by atoms with van der Waals surface area (Å²) < 4.78 is 0. The lowest BCUT2D eigenvalue weighted by Gasteiger charge is -2.05. The van der Waals surface area contributed by atoms with Gasteiger partial charge in [-0.3, -0.25) is 4.99 Å². The largest absolute Gasteiger partial charge is 0.507 e. The summed E-state index contributed by atoms with van der Waals surface area (Å²) in [5.74, 6) is 0.219. The van der Waals surface area contributed by atoms with Gasteiger partial charge in [0.25, 0.3) is 0 Å². The smallest absolute Gasteiger partial charge is 0.124 e. The molecule has 0 bridgehead atoms. The second-order valence-electron chi connectivity index (χ2n) is 4.54. The Labute approximate surface area is 117 Å². The predicted molar refractivity (Wildman–Crippen MR) is 83.7 cm³/mol. The van der Waals surface area contributed by atoms with Crippen LogP contribution in [0.2, 0.25) is 0 Å². The Morgan fingerprint density at radius 2 is 1.55 bits per heavy atom. The van der Waals surface area contributed by atoms with Crippen molar-refractivity contribution in [3.8, 4) is 5.75 Å². The highest BCUT2D eigenvalue weighted by atomic mass is 16.3. The van der Waals surface area contributed by atoms with E-state index < -0.39 is 0 Å². The first-order chi connectivity index (χ1) is 9.75. The molecule has 0 aliphatic heterocycles. The van der Waals surface area contributed by atoms with Crippen molar-refractivity contribution < 1.29 is 5.11 Å². The van der Waals surface area contributed by atoms with Crippen molar-refractivity contribution in [2.45, 2.75) is 0 Å². The molecule has 0 amide bonds. The minimum atomic E-state index is 0.219. The Kier molecular flexibility index (Phi) is 3.09. The molecule has 20 heavy (non-hydrogen) atoms. The first kappa shape index (κ1) is 12.2.